The number of nitrogens with zero attached hydrogens (tertiary/aromatic N) is 2. The third-order valence-electron chi connectivity index (χ3n) is 4.64. The molecule has 7 nitrogen and oxygen atoms in total. The van der Waals surface area contributed by atoms with Crippen LogP contribution in [0.15, 0.2) is 69.2 Å². The first-order chi connectivity index (χ1) is 15.9. The van der Waals surface area contributed by atoms with Crippen molar-refractivity contribution in [3.05, 3.63) is 76.0 Å². The number of hydrogen-bond donors (Lipinski definition) is 2. The number of carbonyl (C=O) groups is 2. The van der Waals surface area contributed by atoms with Crippen molar-refractivity contribution in [2.45, 2.75) is 18.6 Å². The highest BCUT2D eigenvalue weighted by Gasteiger charge is 2.32. The Bertz CT molecular complexity index is 1250. The minimum atomic E-state index is -0.577. The molecule has 0 bridgehead atoms. The van der Waals surface area contributed by atoms with Crippen LogP contribution in [0.5, 0.6) is 0 Å². The van der Waals surface area contributed by atoms with Crippen LogP contribution in [0.4, 0.5) is 5.69 Å². The van der Waals surface area contributed by atoms with Crippen LogP contribution in [-0.2, 0) is 9.59 Å². The Balaban J connectivity index is 1.34. The summed E-state index contributed by atoms with van der Waals surface area (Å²) in [6, 6.07) is 16.1. The number of amides is 2. The summed E-state index contributed by atoms with van der Waals surface area (Å²) < 4.78 is 5.72. The van der Waals surface area contributed by atoms with Crippen molar-refractivity contribution in [2.75, 3.05) is 5.32 Å². The van der Waals surface area contributed by atoms with E-state index in [-0.39, 0.29) is 18.2 Å². The van der Waals surface area contributed by atoms with Gasteiger partial charge < -0.3 is 15.1 Å². The van der Waals surface area contributed by atoms with Gasteiger partial charge in [0.05, 0.1) is 11.2 Å². The molecular weight excluding hydrogens is 483 g/mol. The number of carbonyl (C=O) groups excluding carboxylic acids is 2. The minimum Gasteiger partial charge on any atom is -0.455 e. The molecule has 2 aromatic carbocycles. The standard InChI is InChI=1S/C23H18Cl2N4O3S/c1-13-2-5-15(6-3-13)27-21(30)11-20-22(31)28-23(33-20)29-26-12-16-7-9-19(32-16)17-8-4-14(24)10-18(17)25/h2-10,12,20H,11H2,1H3,(H,27,30)(H,28,29,31)/b26-12+. The molecule has 3 aromatic rings. The van der Waals surface area contributed by atoms with E-state index in [1.807, 2.05) is 31.2 Å². The normalized spacial score (nSPS) is 17.0. The van der Waals surface area contributed by atoms with Crippen molar-refractivity contribution >= 4 is 63.8 Å². The van der Waals surface area contributed by atoms with Gasteiger partial charge in [0.15, 0.2) is 5.17 Å². The van der Waals surface area contributed by atoms with Gasteiger partial charge in [-0.25, -0.2) is 0 Å². The van der Waals surface area contributed by atoms with Gasteiger partial charge >= 0.3 is 0 Å². The molecule has 0 aliphatic carbocycles. The Morgan fingerprint density at radius 3 is 2.73 bits per heavy atom. The fraction of sp³-hybridized carbons (Fsp3) is 0.130. The fourth-order valence-corrected chi connectivity index (χ4v) is 4.42. The second kappa shape index (κ2) is 10.2. The molecule has 2 heterocycles. The predicted molar refractivity (Wildman–Crippen MR) is 133 cm³/mol. The molecule has 0 spiro atoms. The lowest BCUT2D eigenvalue weighted by Crippen LogP contribution is -2.28. The van der Waals surface area contributed by atoms with Crippen LogP contribution in [0.2, 0.25) is 10.0 Å². The first-order valence-corrected chi connectivity index (χ1v) is 11.5. The van der Waals surface area contributed by atoms with Gasteiger partial charge in [-0.3, -0.25) is 9.59 Å². The topological polar surface area (TPSA) is 96.1 Å². The van der Waals surface area contributed by atoms with E-state index in [4.69, 9.17) is 27.6 Å². The Morgan fingerprint density at radius 2 is 1.97 bits per heavy atom. The minimum absolute atomic E-state index is 0.0243. The highest BCUT2D eigenvalue weighted by Crippen LogP contribution is 2.31. The molecule has 1 aliphatic rings. The van der Waals surface area contributed by atoms with Crippen molar-refractivity contribution in [3.63, 3.8) is 0 Å². The number of furan rings is 1. The quantitative estimate of drug-likeness (QED) is 0.344. The summed E-state index contributed by atoms with van der Waals surface area (Å²) in [5.74, 6) is 0.489. The van der Waals surface area contributed by atoms with E-state index >= 15 is 0 Å². The smallest absolute Gasteiger partial charge is 0.240 e. The summed E-state index contributed by atoms with van der Waals surface area (Å²) in [6.07, 6.45) is 1.45. The Morgan fingerprint density at radius 1 is 1.18 bits per heavy atom. The molecule has 1 fully saturated rings. The Hall–Kier alpha value is -3.07. The monoisotopic (exact) mass is 500 g/mol. The van der Waals surface area contributed by atoms with Crippen molar-refractivity contribution < 1.29 is 14.0 Å². The van der Waals surface area contributed by atoms with Crippen molar-refractivity contribution in [2.24, 2.45) is 10.2 Å². The molecule has 1 aliphatic heterocycles. The van der Waals surface area contributed by atoms with E-state index in [1.54, 1.807) is 30.3 Å². The zero-order valence-electron chi connectivity index (χ0n) is 17.3. The van der Waals surface area contributed by atoms with Crippen molar-refractivity contribution in [1.29, 1.82) is 0 Å². The fourth-order valence-electron chi connectivity index (χ4n) is 3.00. The van der Waals surface area contributed by atoms with E-state index in [0.29, 0.717) is 38.0 Å². The number of rotatable bonds is 6. The van der Waals surface area contributed by atoms with E-state index < -0.39 is 5.25 Å². The molecule has 2 amide bonds. The third kappa shape index (κ3) is 6.04. The molecule has 168 valence electrons. The highest BCUT2D eigenvalue weighted by molar-refractivity contribution is 8.15. The summed E-state index contributed by atoms with van der Waals surface area (Å²) in [7, 11) is 0. The lowest BCUT2D eigenvalue weighted by atomic mass is 10.2. The maximum Gasteiger partial charge on any atom is 0.240 e. The van der Waals surface area contributed by atoms with E-state index in [2.05, 4.69) is 20.8 Å². The molecule has 2 N–H and O–H groups in total. The van der Waals surface area contributed by atoms with E-state index in [9.17, 15) is 9.59 Å². The van der Waals surface area contributed by atoms with E-state index in [1.165, 1.54) is 6.21 Å². The van der Waals surface area contributed by atoms with Crippen LogP contribution < -0.4 is 10.6 Å². The molecule has 33 heavy (non-hydrogen) atoms. The summed E-state index contributed by atoms with van der Waals surface area (Å²) >= 11 is 13.3. The SMILES string of the molecule is Cc1ccc(NC(=O)CC2S/C(=N/N=C/c3ccc(-c4ccc(Cl)cc4Cl)o3)NC2=O)cc1. The van der Waals surface area contributed by atoms with Crippen LogP contribution in [0.3, 0.4) is 0 Å². The lowest BCUT2D eigenvalue weighted by molar-refractivity contribution is -0.122. The third-order valence-corrected chi connectivity index (χ3v) is 6.26. The number of anilines is 1. The van der Waals surface area contributed by atoms with Gasteiger partial charge in [-0.05, 0) is 49.4 Å². The summed E-state index contributed by atoms with van der Waals surface area (Å²) in [6.45, 7) is 1.97. The zero-order chi connectivity index (χ0) is 23.4. The van der Waals surface area contributed by atoms with Gasteiger partial charge in [0.1, 0.15) is 16.8 Å². The molecule has 4 rings (SSSR count). The number of halogens is 2. The van der Waals surface area contributed by atoms with Crippen LogP contribution in [-0.4, -0.2) is 28.4 Å². The van der Waals surface area contributed by atoms with Gasteiger partial charge in [0.25, 0.3) is 0 Å². The molecular formula is C23H18Cl2N4O3S. The number of nitrogens with one attached hydrogen (secondary N) is 2. The van der Waals surface area contributed by atoms with E-state index in [0.717, 1.165) is 17.3 Å². The van der Waals surface area contributed by atoms with Crippen LogP contribution in [0.1, 0.15) is 17.7 Å². The first-order valence-electron chi connectivity index (χ1n) is 9.88. The Labute approximate surface area is 204 Å². The summed E-state index contributed by atoms with van der Waals surface area (Å²) in [5, 5.41) is 14.2. The van der Waals surface area contributed by atoms with Gasteiger partial charge in [-0.15, -0.1) is 5.10 Å². The molecule has 0 radical (unpaired) electrons. The molecule has 1 atom stereocenters. The number of amidine groups is 1. The van der Waals surface area contributed by atoms with Crippen molar-refractivity contribution in [3.8, 4) is 11.3 Å². The highest BCUT2D eigenvalue weighted by atomic mass is 35.5. The second-order valence-corrected chi connectivity index (χ2v) is 9.23. The predicted octanol–water partition coefficient (Wildman–Crippen LogP) is 5.51. The number of hydrogen-bond acceptors (Lipinski definition) is 6. The maximum absolute atomic E-state index is 12.3. The van der Waals surface area contributed by atoms with Gasteiger partial charge in [-0.2, -0.15) is 5.10 Å². The van der Waals surface area contributed by atoms with Crippen LogP contribution in [0.25, 0.3) is 11.3 Å². The summed E-state index contributed by atoms with van der Waals surface area (Å²) in [5.41, 5.74) is 2.49. The van der Waals surface area contributed by atoms with Gasteiger partial charge in [-0.1, -0.05) is 52.7 Å². The van der Waals surface area contributed by atoms with Gasteiger partial charge in [0, 0.05) is 22.7 Å². The molecule has 1 aromatic heterocycles. The zero-order valence-corrected chi connectivity index (χ0v) is 19.7. The number of thioether (sulfide) groups is 1. The average Bonchev–Trinajstić information content (AvgIpc) is 3.36. The molecule has 0 saturated carbocycles. The van der Waals surface area contributed by atoms with Crippen molar-refractivity contribution in [1.82, 2.24) is 5.32 Å². The lowest BCUT2D eigenvalue weighted by Gasteiger charge is -2.07. The Kier molecular flexibility index (Phi) is 7.17. The second-order valence-electron chi connectivity index (χ2n) is 7.19. The number of benzene rings is 2. The average molecular weight is 501 g/mol. The first kappa shape index (κ1) is 23.1. The largest absolute Gasteiger partial charge is 0.455 e. The van der Waals surface area contributed by atoms with Gasteiger partial charge in [0.2, 0.25) is 11.8 Å². The van der Waals surface area contributed by atoms with Crippen LogP contribution >= 0.6 is 35.0 Å². The molecule has 10 heteroatoms. The molecule has 1 saturated heterocycles. The maximum atomic E-state index is 12.3. The van der Waals surface area contributed by atoms with Crippen LogP contribution in [0, 0.1) is 6.92 Å². The molecule has 1 unspecified atom stereocenters. The number of aryl methyl sites for hydroxylation is 1. The summed E-state index contributed by atoms with van der Waals surface area (Å²) in [4.78, 5) is 24.4.